The molecule has 0 unspecified atom stereocenters. The zero-order valence-electron chi connectivity index (χ0n) is 14.4. The van der Waals surface area contributed by atoms with E-state index in [1.807, 2.05) is 61.5 Å². The SMILES string of the molecule is Cc1sc(-c2ccc(Cl)cc2)nc1CC(=O)NCCOc1ccccc1. The van der Waals surface area contributed by atoms with Crippen molar-refractivity contribution < 1.29 is 9.53 Å². The van der Waals surface area contributed by atoms with Crippen LogP contribution in [0.2, 0.25) is 5.02 Å². The van der Waals surface area contributed by atoms with Crippen molar-refractivity contribution in [2.45, 2.75) is 13.3 Å². The van der Waals surface area contributed by atoms with Gasteiger partial charge < -0.3 is 10.1 Å². The van der Waals surface area contributed by atoms with E-state index in [0.29, 0.717) is 18.2 Å². The summed E-state index contributed by atoms with van der Waals surface area (Å²) in [6.07, 6.45) is 0.265. The molecule has 0 spiro atoms. The van der Waals surface area contributed by atoms with Gasteiger partial charge in [-0.1, -0.05) is 41.9 Å². The normalized spacial score (nSPS) is 10.5. The molecule has 0 fully saturated rings. The Morgan fingerprint density at radius 2 is 1.88 bits per heavy atom. The summed E-state index contributed by atoms with van der Waals surface area (Å²) in [6.45, 7) is 2.88. The minimum Gasteiger partial charge on any atom is -0.492 e. The van der Waals surface area contributed by atoms with Gasteiger partial charge >= 0.3 is 0 Å². The average molecular weight is 387 g/mol. The number of nitrogens with one attached hydrogen (secondary N) is 1. The van der Waals surface area contributed by atoms with E-state index in [2.05, 4.69) is 10.3 Å². The van der Waals surface area contributed by atoms with E-state index in [1.165, 1.54) is 0 Å². The number of hydrogen-bond acceptors (Lipinski definition) is 4. The van der Waals surface area contributed by atoms with Crippen LogP contribution in [-0.2, 0) is 11.2 Å². The van der Waals surface area contributed by atoms with E-state index in [9.17, 15) is 4.79 Å². The lowest BCUT2D eigenvalue weighted by atomic mass is 10.2. The number of thiazole rings is 1. The Hall–Kier alpha value is -2.37. The minimum atomic E-state index is -0.0577. The Kier molecular flexibility index (Phi) is 6.26. The maximum atomic E-state index is 12.1. The molecule has 0 radical (unpaired) electrons. The van der Waals surface area contributed by atoms with Crippen molar-refractivity contribution in [3.8, 4) is 16.3 Å². The number of para-hydroxylation sites is 1. The topological polar surface area (TPSA) is 51.2 Å². The first-order valence-electron chi connectivity index (χ1n) is 8.28. The molecule has 26 heavy (non-hydrogen) atoms. The van der Waals surface area contributed by atoms with E-state index >= 15 is 0 Å². The molecule has 0 aliphatic heterocycles. The number of rotatable bonds is 7. The van der Waals surface area contributed by atoms with Crippen molar-refractivity contribution in [3.05, 3.63) is 70.2 Å². The second-order valence-electron chi connectivity index (χ2n) is 5.72. The van der Waals surface area contributed by atoms with Crippen molar-refractivity contribution in [1.29, 1.82) is 0 Å². The fourth-order valence-corrected chi connectivity index (χ4v) is 3.46. The number of aromatic nitrogens is 1. The van der Waals surface area contributed by atoms with Gasteiger partial charge in [0.05, 0.1) is 18.7 Å². The molecule has 3 aromatic rings. The van der Waals surface area contributed by atoms with Crippen LogP contribution in [0.3, 0.4) is 0 Å². The summed E-state index contributed by atoms with van der Waals surface area (Å²) in [5, 5.41) is 4.46. The van der Waals surface area contributed by atoms with Crippen LogP contribution in [0.1, 0.15) is 10.6 Å². The third-order valence-electron chi connectivity index (χ3n) is 3.75. The largest absolute Gasteiger partial charge is 0.492 e. The number of ether oxygens (including phenoxy) is 1. The smallest absolute Gasteiger partial charge is 0.226 e. The number of benzene rings is 2. The van der Waals surface area contributed by atoms with Crippen molar-refractivity contribution in [2.24, 2.45) is 0 Å². The van der Waals surface area contributed by atoms with Crippen LogP contribution in [0.25, 0.3) is 10.6 Å². The molecule has 1 amide bonds. The maximum absolute atomic E-state index is 12.1. The van der Waals surface area contributed by atoms with Gasteiger partial charge in [0.2, 0.25) is 5.91 Å². The molecule has 2 aromatic carbocycles. The molecule has 0 aliphatic carbocycles. The molecular weight excluding hydrogens is 368 g/mol. The Balaban J connectivity index is 1.50. The summed E-state index contributed by atoms with van der Waals surface area (Å²) in [5.41, 5.74) is 1.81. The van der Waals surface area contributed by atoms with Gasteiger partial charge in [0.1, 0.15) is 17.4 Å². The number of hydrogen-bond donors (Lipinski definition) is 1. The van der Waals surface area contributed by atoms with Gasteiger partial charge in [-0.2, -0.15) is 0 Å². The van der Waals surface area contributed by atoms with Gasteiger partial charge in [-0.25, -0.2) is 4.98 Å². The molecule has 3 rings (SSSR count). The summed E-state index contributed by atoms with van der Waals surface area (Å²) >= 11 is 7.51. The lowest BCUT2D eigenvalue weighted by molar-refractivity contribution is -0.120. The second-order valence-corrected chi connectivity index (χ2v) is 7.36. The van der Waals surface area contributed by atoms with Crippen LogP contribution in [0.4, 0.5) is 0 Å². The number of aryl methyl sites for hydroxylation is 1. The van der Waals surface area contributed by atoms with Gasteiger partial charge in [-0.15, -0.1) is 11.3 Å². The van der Waals surface area contributed by atoms with E-state index in [4.69, 9.17) is 16.3 Å². The van der Waals surface area contributed by atoms with Crippen molar-refractivity contribution >= 4 is 28.8 Å². The molecule has 1 aromatic heterocycles. The van der Waals surface area contributed by atoms with Crippen molar-refractivity contribution in [1.82, 2.24) is 10.3 Å². The second kappa shape index (κ2) is 8.83. The molecule has 6 heteroatoms. The fraction of sp³-hybridized carbons (Fsp3) is 0.200. The molecule has 0 atom stereocenters. The quantitative estimate of drug-likeness (QED) is 0.608. The number of nitrogens with zero attached hydrogens (tertiary/aromatic N) is 1. The van der Waals surface area contributed by atoms with Crippen LogP contribution in [0.15, 0.2) is 54.6 Å². The van der Waals surface area contributed by atoms with Crippen LogP contribution in [0, 0.1) is 6.92 Å². The third-order valence-corrected chi connectivity index (χ3v) is 5.06. The molecule has 4 nitrogen and oxygen atoms in total. The molecule has 0 saturated carbocycles. The monoisotopic (exact) mass is 386 g/mol. The summed E-state index contributed by atoms with van der Waals surface area (Å²) in [5.74, 6) is 0.738. The highest BCUT2D eigenvalue weighted by Gasteiger charge is 2.13. The zero-order chi connectivity index (χ0) is 18.4. The van der Waals surface area contributed by atoms with Crippen LogP contribution in [-0.4, -0.2) is 24.0 Å². The Morgan fingerprint density at radius 3 is 2.62 bits per heavy atom. The molecule has 1 heterocycles. The number of amides is 1. The summed E-state index contributed by atoms with van der Waals surface area (Å²) in [6, 6.07) is 17.1. The third kappa shape index (κ3) is 5.07. The Morgan fingerprint density at radius 1 is 1.15 bits per heavy atom. The standard InChI is InChI=1S/C20H19ClN2O2S/c1-14-18(23-20(26-14)15-7-9-16(21)10-8-15)13-19(24)22-11-12-25-17-5-3-2-4-6-17/h2-10H,11-13H2,1H3,(H,22,24). The molecule has 0 bridgehead atoms. The first kappa shape index (κ1) is 18.4. The molecular formula is C20H19ClN2O2S. The summed E-state index contributed by atoms with van der Waals surface area (Å²) in [4.78, 5) is 17.8. The maximum Gasteiger partial charge on any atom is 0.226 e. The molecule has 0 saturated heterocycles. The van der Waals surface area contributed by atoms with E-state index in [-0.39, 0.29) is 12.3 Å². The summed E-state index contributed by atoms with van der Waals surface area (Å²) < 4.78 is 5.56. The first-order valence-corrected chi connectivity index (χ1v) is 9.48. The van der Waals surface area contributed by atoms with E-state index in [1.54, 1.807) is 11.3 Å². The van der Waals surface area contributed by atoms with Gasteiger partial charge in [-0.05, 0) is 31.2 Å². The van der Waals surface area contributed by atoms with Crippen LogP contribution >= 0.6 is 22.9 Å². The predicted molar refractivity (Wildman–Crippen MR) is 106 cm³/mol. The highest BCUT2D eigenvalue weighted by molar-refractivity contribution is 7.15. The minimum absolute atomic E-state index is 0.0577. The summed E-state index contributed by atoms with van der Waals surface area (Å²) in [7, 11) is 0. The lowest BCUT2D eigenvalue weighted by Crippen LogP contribution is -2.29. The predicted octanol–water partition coefficient (Wildman–Crippen LogP) is 4.51. The average Bonchev–Trinajstić information content (AvgIpc) is 3.01. The van der Waals surface area contributed by atoms with Crippen molar-refractivity contribution in [3.63, 3.8) is 0 Å². The Labute approximate surface area is 161 Å². The van der Waals surface area contributed by atoms with Crippen LogP contribution < -0.4 is 10.1 Å². The highest BCUT2D eigenvalue weighted by Crippen LogP contribution is 2.28. The number of halogens is 1. The van der Waals surface area contributed by atoms with E-state index in [0.717, 1.165) is 26.9 Å². The molecule has 0 aliphatic rings. The lowest BCUT2D eigenvalue weighted by Gasteiger charge is -2.07. The van der Waals surface area contributed by atoms with E-state index < -0.39 is 0 Å². The highest BCUT2D eigenvalue weighted by atomic mass is 35.5. The zero-order valence-corrected chi connectivity index (χ0v) is 15.9. The Bertz CT molecular complexity index is 863. The van der Waals surface area contributed by atoms with Crippen LogP contribution in [0.5, 0.6) is 5.75 Å². The number of carbonyl (C=O) groups excluding carboxylic acids is 1. The van der Waals surface area contributed by atoms with Gasteiger partial charge in [0.25, 0.3) is 0 Å². The van der Waals surface area contributed by atoms with Gasteiger partial charge in [0, 0.05) is 15.5 Å². The van der Waals surface area contributed by atoms with Crippen molar-refractivity contribution in [2.75, 3.05) is 13.2 Å². The molecule has 134 valence electrons. The van der Waals surface area contributed by atoms with Gasteiger partial charge in [-0.3, -0.25) is 4.79 Å². The van der Waals surface area contributed by atoms with Gasteiger partial charge in [0.15, 0.2) is 0 Å². The first-order chi connectivity index (χ1) is 12.6. The fourth-order valence-electron chi connectivity index (χ4n) is 2.40. The molecule has 1 N–H and O–H groups in total. The number of carbonyl (C=O) groups is 1.